The number of rotatable bonds is 5. The van der Waals surface area contributed by atoms with Crippen molar-refractivity contribution in [3.63, 3.8) is 0 Å². The Bertz CT molecular complexity index is 327. The Labute approximate surface area is 90.2 Å². The smallest absolute Gasteiger partial charge is 0.310 e. The monoisotopic (exact) mass is 237 g/mol. The highest BCUT2D eigenvalue weighted by Crippen LogP contribution is 2.15. The summed E-state index contributed by atoms with van der Waals surface area (Å²) < 4.78 is 50.9. The zero-order chi connectivity index (χ0) is 12.0. The van der Waals surface area contributed by atoms with Gasteiger partial charge in [0.1, 0.15) is 5.82 Å². The quantitative estimate of drug-likeness (QED) is 0.627. The van der Waals surface area contributed by atoms with Crippen molar-refractivity contribution in [2.45, 2.75) is 12.9 Å². The second kappa shape index (κ2) is 5.81. The van der Waals surface area contributed by atoms with E-state index in [1.165, 1.54) is 12.1 Å². The Morgan fingerprint density at radius 3 is 2.62 bits per heavy atom. The molecule has 1 aromatic rings. The Kier molecular flexibility index (Phi) is 4.70. The molecule has 16 heavy (non-hydrogen) atoms. The summed E-state index contributed by atoms with van der Waals surface area (Å²) in [5, 5.41) is 2.71. The van der Waals surface area contributed by atoms with Gasteiger partial charge >= 0.3 is 6.36 Å². The molecule has 0 aliphatic rings. The molecule has 0 aliphatic carbocycles. The van der Waals surface area contributed by atoms with Crippen molar-refractivity contribution in [2.24, 2.45) is 0 Å². The highest BCUT2D eigenvalue weighted by Gasteiger charge is 2.28. The van der Waals surface area contributed by atoms with E-state index in [4.69, 9.17) is 0 Å². The SMILES string of the molecule is Fc1cccc(CNCCOC(F)(F)F)c1. The van der Waals surface area contributed by atoms with Gasteiger partial charge in [-0.3, -0.25) is 4.74 Å². The Morgan fingerprint density at radius 2 is 2.00 bits per heavy atom. The summed E-state index contributed by atoms with van der Waals surface area (Å²) in [7, 11) is 0. The predicted molar refractivity (Wildman–Crippen MR) is 50.1 cm³/mol. The van der Waals surface area contributed by atoms with Gasteiger partial charge in [-0.05, 0) is 17.7 Å². The maximum Gasteiger partial charge on any atom is 0.522 e. The number of hydrogen-bond acceptors (Lipinski definition) is 2. The van der Waals surface area contributed by atoms with Crippen LogP contribution in [0.1, 0.15) is 5.56 Å². The van der Waals surface area contributed by atoms with Crippen molar-refractivity contribution in [1.29, 1.82) is 0 Å². The topological polar surface area (TPSA) is 21.3 Å². The van der Waals surface area contributed by atoms with E-state index < -0.39 is 13.0 Å². The van der Waals surface area contributed by atoms with E-state index in [0.29, 0.717) is 12.1 Å². The first-order valence-electron chi connectivity index (χ1n) is 4.63. The highest BCUT2D eigenvalue weighted by molar-refractivity contribution is 5.15. The lowest BCUT2D eigenvalue weighted by Gasteiger charge is -2.08. The summed E-state index contributed by atoms with van der Waals surface area (Å²) in [5.41, 5.74) is 0.673. The number of hydrogen-bond donors (Lipinski definition) is 1. The van der Waals surface area contributed by atoms with E-state index in [-0.39, 0.29) is 12.4 Å². The normalized spacial score (nSPS) is 11.8. The lowest BCUT2D eigenvalue weighted by molar-refractivity contribution is -0.323. The first-order valence-corrected chi connectivity index (χ1v) is 4.63. The first-order chi connectivity index (χ1) is 7.47. The van der Waals surface area contributed by atoms with Crippen molar-refractivity contribution in [1.82, 2.24) is 5.32 Å². The van der Waals surface area contributed by atoms with Crippen LogP contribution in [-0.4, -0.2) is 19.5 Å². The van der Waals surface area contributed by atoms with Gasteiger partial charge in [0.2, 0.25) is 0 Å². The average Bonchev–Trinajstić information content (AvgIpc) is 2.15. The molecule has 0 atom stereocenters. The molecule has 0 fully saturated rings. The Hall–Kier alpha value is -1.14. The third kappa shape index (κ3) is 5.67. The zero-order valence-corrected chi connectivity index (χ0v) is 8.35. The van der Waals surface area contributed by atoms with Gasteiger partial charge in [0, 0.05) is 13.1 Å². The summed E-state index contributed by atoms with van der Waals surface area (Å²) in [6.07, 6.45) is -4.60. The van der Waals surface area contributed by atoms with Crippen LogP contribution >= 0.6 is 0 Å². The van der Waals surface area contributed by atoms with Crippen molar-refractivity contribution >= 4 is 0 Å². The molecular formula is C10H11F4NO. The molecule has 0 heterocycles. The molecule has 0 aromatic heterocycles. The van der Waals surface area contributed by atoms with E-state index in [1.807, 2.05) is 0 Å². The van der Waals surface area contributed by atoms with Crippen LogP contribution in [0.5, 0.6) is 0 Å². The van der Waals surface area contributed by atoms with Gasteiger partial charge in [0.15, 0.2) is 0 Å². The average molecular weight is 237 g/mol. The predicted octanol–water partition coefficient (Wildman–Crippen LogP) is 2.45. The Balaban J connectivity index is 2.17. The van der Waals surface area contributed by atoms with Gasteiger partial charge in [-0.2, -0.15) is 0 Å². The molecule has 1 aromatic carbocycles. The minimum Gasteiger partial charge on any atom is -0.310 e. The van der Waals surface area contributed by atoms with Crippen LogP contribution in [0.4, 0.5) is 17.6 Å². The molecule has 0 radical (unpaired) electrons. The van der Waals surface area contributed by atoms with Gasteiger partial charge in [-0.1, -0.05) is 12.1 Å². The molecule has 0 bridgehead atoms. The largest absolute Gasteiger partial charge is 0.522 e. The number of alkyl halides is 3. The molecule has 0 saturated heterocycles. The lowest BCUT2D eigenvalue weighted by Crippen LogP contribution is -2.23. The third-order valence-electron chi connectivity index (χ3n) is 1.76. The molecule has 0 amide bonds. The molecule has 0 unspecified atom stereocenters. The molecule has 6 heteroatoms. The van der Waals surface area contributed by atoms with Gasteiger partial charge in [0.25, 0.3) is 0 Å². The van der Waals surface area contributed by atoms with Crippen LogP contribution in [0.3, 0.4) is 0 Å². The molecule has 0 spiro atoms. The summed E-state index contributed by atoms with van der Waals surface area (Å²) in [6, 6.07) is 5.84. The molecule has 1 N–H and O–H groups in total. The van der Waals surface area contributed by atoms with Crippen molar-refractivity contribution < 1.29 is 22.3 Å². The summed E-state index contributed by atoms with van der Waals surface area (Å²) >= 11 is 0. The van der Waals surface area contributed by atoms with Crippen molar-refractivity contribution in [2.75, 3.05) is 13.2 Å². The summed E-state index contributed by atoms with van der Waals surface area (Å²) in [4.78, 5) is 0. The second-order valence-corrected chi connectivity index (χ2v) is 3.10. The van der Waals surface area contributed by atoms with Gasteiger partial charge in [-0.15, -0.1) is 13.2 Å². The lowest BCUT2D eigenvalue weighted by atomic mass is 10.2. The molecule has 0 aliphatic heterocycles. The second-order valence-electron chi connectivity index (χ2n) is 3.10. The van der Waals surface area contributed by atoms with Crippen LogP contribution in [-0.2, 0) is 11.3 Å². The van der Waals surface area contributed by atoms with E-state index in [9.17, 15) is 17.6 Å². The maximum absolute atomic E-state index is 12.7. The minimum atomic E-state index is -4.60. The van der Waals surface area contributed by atoms with Gasteiger partial charge < -0.3 is 5.32 Å². The molecule has 90 valence electrons. The summed E-state index contributed by atoms with van der Waals surface area (Å²) in [6.45, 7) is -0.103. The Morgan fingerprint density at radius 1 is 1.25 bits per heavy atom. The maximum atomic E-state index is 12.7. The molecule has 0 saturated carbocycles. The van der Waals surface area contributed by atoms with Gasteiger partial charge in [-0.25, -0.2) is 4.39 Å². The van der Waals surface area contributed by atoms with Gasteiger partial charge in [0.05, 0.1) is 6.61 Å². The number of halogens is 4. The van der Waals surface area contributed by atoms with Crippen molar-refractivity contribution in [3.8, 4) is 0 Å². The minimum absolute atomic E-state index is 0.0516. The molecule has 1 rings (SSSR count). The third-order valence-corrected chi connectivity index (χ3v) is 1.76. The first kappa shape index (κ1) is 12.9. The van der Waals surface area contributed by atoms with E-state index in [0.717, 1.165) is 0 Å². The fraction of sp³-hybridized carbons (Fsp3) is 0.400. The van der Waals surface area contributed by atoms with Crippen LogP contribution in [0, 0.1) is 5.82 Å². The standard InChI is InChI=1S/C10H11F4NO/c11-9-3-1-2-8(6-9)7-15-4-5-16-10(12,13)14/h1-3,6,15H,4-5,7H2. The fourth-order valence-electron chi connectivity index (χ4n) is 1.12. The van der Waals surface area contributed by atoms with Crippen LogP contribution in [0.25, 0.3) is 0 Å². The summed E-state index contributed by atoms with van der Waals surface area (Å²) in [5.74, 6) is -0.370. The van der Waals surface area contributed by atoms with Crippen LogP contribution < -0.4 is 5.32 Å². The number of nitrogens with one attached hydrogen (secondary N) is 1. The van der Waals surface area contributed by atoms with Crippen LogP contribution in [0.2, 0.25) is 0 Å². The van der Waals surface area contributed by atoms with E-state index in [2.05, 4.69) is 10.1 Å². The number of benzene rings is 1. The van der Waals surface area contributed by atoms with Crippen LogP contribution in [0.15, 0.2) is 24.3 Å². The van der Waals surface area contributed by atoms with E-state index in [1.54, 1.807) is 12.1 Å². The van der Waals surface area contributed by atoms with E-state index >= 15 is 0 Å². The highest BCUT2D eigenvalue weighted by atomic mass is 19.4. The molecule has 2 nitrogen and oxygen atoms in total. The molecular weight excluding hydrogens is 226 g/mol. The zero-order valence-electron chi connectivity index (χ0n) is 8.35. The fourth-order valence-corrected chi connectivity index (χ4v) is 1.12. The number of ether oxygens (including phenoxy) is 1. The van der Waals surface area contributed by atoms with Crippen molar-refractivity contribution in [3.05, 3.63) is 35.6 Å².